The van der Waals surface area contributed by atoms with Crippen molar-refractivity contribution < 1.29 is 14.3 Å². The molecule has 1 aliphatic heterocycles. The van der Waals surface area contributed by atoms with Gasteiger partial charge < -0.3 is 19.7 Å². The number of hydrogen-bond acceptors (Lipinski definition) is 4. The van der Waals surface area contributed by atoms with Crippen molar-refractivity contribution >= 4 is 18.3 Å². The molecule has 5 nitrogen and oxygen atoms in total. The topological polar surface area (TPSA) is 50.8 Å². The third-order valence-corrected chi connectivity index (χ3v) is 3.92. The minimum absolute atomic E-state index is 0. The van der Waals surface area contributed by atoms with Crippen molar-refractivity contribution in [2.45, 2.75) is 25.8 Å². The number of aryl methyl sites for hydroxylation is 1. The molecule has 0 spiro atoms. The van der Waals surface area contributed by atoms with Crippen LogP contribution in [0.1, 0.15) is 18.9 Å². The van der Waals surface area contributed by atoms with Gasteiger partial charge in [-0.05, 0) is 37.1 Å². The van der Waals surface area contributed by atoms with Crippen LogP contribution in [0.15, 0.2) is 18.2 Å². The molecular formula is C16H25ClN2O3. The molecule has 0 aliphatic carbocycles. The summed E-state index contributed by atoms with van der Waals surface area (Å²) in [7, 11) is 3.28. The Bertz CT molecular complexity index is 496. The molecule has 1 heterocycles. The summed E-state index contributed by atoms with van der Waals surface area (Å²) in [6, 6.07) is 5.94. The van der Waals surface area contributed by atoms with Crippen molar-refractivity contribution in [2.75, 3.05) is 33.9 Å². The van der Waals surface area contributed by atoms with Crippen molar-refractivity contribution in [3.63, 3.8) is 0 Å². The van der Waals surface area contributed by atoms with Crippen LogP contribution < -0.4 is 14.8 Å². The van der Waals surface area contributed by atoms with Crippen molar-refractivity contribution in [1.29, 1.82) is 0 Å². The molecule has 2 rings (SSSR count). The van der Waals surface area contributed by atoms with E-state index in [9.17, 15) is 4.79 Å². The van der Waals surface area contributed by atoms with Crippen LogP contribution in [0.5, 0.6) is 11.5 Å². The molecule has 0 saturated carbocycles. The van der Waals surface area contributed by atoms with E-state index in [-0.39, 0.29) is 24.4 Å². The van der Waals surface area contributed by atoms with Crippen molar-refractivity contribution in [3.05, 3.63) is 23.8 Å². The van der Waals surface area contributed by atoms with Gasteiger partial charge in [0.25, 0.3) is 0 Å². The zero-order valence-corrected chi connectivity index (χ0v) is 14.2. The standard InChI is InChI=1S/C16H24N2O3.ClH/c1-12-11-17-8-9-18(12)16(19)7-4-13-10-14(20-2)5-6-15(13)21-3;/h5-6,10,12,17H,4,7-9,11H2,1-3H3;1H/t12-;/m0./s1. The van der Waals surface area contributed by atoms with Gasteiger partial charge in [0.05, 0.1) is 14.2 Å². The normalized spacial score (nSPS) is 17.6. The number of carbonyl (C=O) groups excluding carboxylic acids is 1. The van der Waals surface area contributed by atoms with E-state index in [0.717, 1.165) is 36.7 Å². The Labute approximate surface area is 138 Å². The molecule has 6 heteroatoms. The molecule has 0 aromatic heterocycles. The predicted molar refractivity (Wildman–Crippen MR) is 89.2 cm³/mol. The van der Waals surface area contributed by atoms with Crippen LogP contribution >= 0.6 is 12.4 Å². The number of methoxy groups -OCH3 is 2. The van der Waals surface area contributed by atoms with Crippen LogP contribution in [0.3, 0.4) is 0 Å². The molecule has 1 amide bonds. The quantitative estimate of drug-likeness (QED) is 0.896. The Morgan fingerprint density at radius 2 is 2.14 bits per heavy atom. The maximum Gasteiger partial charge on any atom is 0.223 e. The smallest absolute Gasteiger partial charge is 0.223 e. The van der Waals surface area contributed by atoms with Crippen LogP contribution in [-0.2, 0) is 11.2 Å². The molecule has 0 unspecified atom stereocenters. The summed E-state index contributed by atoms with van der Waals surface area (Å²) >= 11 is 0. The van der Waals surface area contributed by atoms with Crippen LogP contribution in [-0.4, -0.2) is 50.7 Å². The lowest BCUT2D eigenvalue weighted by Crippen LogP contribution is -2.52. The lowest BCUT2D eigenvalue weighted by molar-refractivity contribution is -0.133. The minimum atomic E-state index is 0. The largest absolute Gasteiger partial charge is 0.497 e. The third-order valence-electron chi connectivity index (χ3n) is 3.92. The number of carbonyl (C=O) groups is 1. The lowest BCUT2D eigenvalue weighted by Gasteiger charge is -2.34. The Balaban J connectivity index is 0.00000242. The number of piperazine rings is 1. The van der Waals surface area contributed by atoms with Gasteiger partial charge in [0.2, 0.25) is 5.91 Å². The maximum absolute atomic E-state index is 12.4. The monoisotopic (exact) mass is 328 g/mol. The van der Waals surface area contributed by atoms with Gasteiger partial charge in [0, 0.05) is 32.1 Å². The summed E-state index contributed by atoms with van der Waals surface area (Å²) in [6.07, 6.45) is 1.16. The van der Waals surface area contributed by atoms with Gasteiger partial charge >= 0.3 is 0 Å². The first-order chi connectivity index (χ1) is 10.2. The lowest BCUT2D eigenvalue weighted by atomic mass is 10.1. The molecule has 1 aromatic rings. The van der Waals surface area contributed by atoms with Gasteiger partial charge in [-0.15, -0.1) is 12.4 Å². The highest BCUT2D eigenvalue weighted by atomic mass is 35.5. The summed E-state index contributed by atoms with van der Waals surface area (Å²) in [5.74, 6) is 1.79. The second-order valence-corrected chi connectivity index (χ2v) is 5.32. The first kappa shape index (κ1) is 18.6. The predicted octanol–water partition coefficient (Wildman–Crippen LogP) is 1.88. The van der Waals surface area contributed by atoms with E-state index >= 15 is 0 Å². The molecular weight excluding hydrogens is 304 g/mol. The average molecular weight is 329 g/mol. The zero-order chi connectivity index (χ0) is 15.2. The van der Waals surface area contributed by atoms with E-state index in [0.29, 0.717) is 12.8 Å². The highest BCUT2D eigenvalue weighted by molar-refractivity contribution is 5.85. The van der Waals surface area contributed by atoms with Gasteiger partial charge in [-0.25, -0.2) is 0 Å². The van der Waals surface area contributed by atoms with Gasteiger partial charge in [0.15, 0.2) is 0 Å². The molecule has 22 heavy (non-hydrogen) atoms. The van der Waals surface area contributed by atoms with Crippen molar-refractivity contribution in [3.8, 4) is 11.5 Å². The summed E-state index contributed by atoms with van der Waals surface area (Å²) in [4.78, 5) is 14.3. The fourth-order valence-corrected chi connectivity index (χ4v) is 2.67. The second-order valence-electron chi connectivity index (χ2n) is 5.32. The van der Waals surface area contributed by atoms with E-state index in [1.54, 1.807) is 14.2 Å². The highest BCUT2D eigenvalue weighted by Crippen LogP contribution is 2.25. The minimum Gasteiger partial charge on any atom is -0.497 e. The molecule has 1 aliphatic rings. The summed E-state index contributed by atoms with van der Waals surface area (Å²) in [5.41, 5.74) is 1.01. The second kappa shape index (κ2) is 8.86. The number of ether oxygens (including phenoxy) is 2. The van der Waals surface area contributed by atoms with Gasteiger partial charge in [0.1, 0.15) is 11.5 Å². The number of hydrogen-bond donors (Lipinski definition) is 1. The van der Waals surface area contributed by atoms with Crippen LogP contribution in [0, 0.1) is 0 Å². The molecule has 1 aromatic carbocycles. The number of halogens is 1. The average Bonchev–Trinajstić information content (AvgIpc) is 2.52. The van der Waals surface area contributed by atoms with Crippen LogP contribution in [0.25, 0.3) is 0 Å². The van der Waals surface area contributed by atoms with Crippen LogP contribution in [0.4, 0.5) is 0 Å². The van der Waals surface area contributed by atoms with Crippen molar-refractivity contribution in [1.82, 2.24) is 10.2 Å². The fraction of sp³-hybridized carbons (Fsp3) is 0.562. The first-order valence-corrected chi connectivity index (χ1v) is 7.36. The van der Waals surface area contributed by atoms with E-state index in [4.69, 9.17) is 9.47 Å². The van der Waals surface area contributed by atoms with Crippen LogP contribution in [0.2, 0.25) is 0 Å². The van der Waals surface area contributed by atoms with E-state index in [2.05, 4.69) is 12.2 Å². The van der Waals surface area contributed by atoms with Crippen molar-refractivity contribution in [2.24, 2.45) is 0 Å². The van der Waals surface area contributed by atoms with E-state index in [1.807, 2.05) is 23.1 Å². The summed E-state index contributed by atoms with van der Waals surface area (Å²) < 4.78 is 10.6. The number of nitrogens with one attached hydrogen (secondary N) is 1. The fourth-order valence-electron chi connectivity index (χ4n) is 2.67. The SMILES string of the molecule is COc1ccc(OC)c(CCC(=O)N2CCNC[C@@H]2C)c1.Cl. The zero-order valence-electron chi connectivity index (χ0n) is 13.4. The first-order valence-electron chi connectivity index (χ1n) is 7.36. The Morgan fingerprint density at radius 1 is 1.36 bits per heavy atom. The Morgan fingerprint density at radius 3 is 2.77 bits per heavy atom. The molecule has 124 valence electrons. The maximum atomic E-state index is 12.4. The Hall–Kier alpha value is -1.46. The molecule has 1 N–H and O–H groups in total. The number of nitrogens with zero attached hydrogens (tertiary/aromatic N) is 1. The summed E-state index contributed by atoms with van der Waals surface area (Å²) in [5, 5.41) is 3.30. The molecule has 1 fully saturated rings. The number of rotatable bonds is 5. The van der Waals surface area contributed by atoms with E-state index in [1.165, 1.54) is 0 Å². The number of benzene rings is 1. The molecule has 1 saturated heterocycles. The molecule has 0 radical (unpaired) electrons. The molecule has 0 bridgehead atoms. The third kappa shape index (κ3) is 4.52. The van der Waals surface area contributed by atoms with Gasteiger partial charge in [-0.3, -0.25) is 4.79 Å². The molecule has 1 atom stereocenters. The Kier molecular flexibility index (Phi) is 7.48. The summed E-state index contributed by atoms with van der Waals surface area (Å²) in [6.45, 7) is 4.61. The number of amides is 1. The van der Waals surface area contributed by atoms with Gasteiger partial charge in [-0.1, -0.05) is 0 Å². The van der Waals surface area contributed by atoms with E-state index < -0.39 is 0 Å². The highest BCUT2D eigenvalue weighted by Gasteiger charge is 2.22. The van der Waals surface area contributed by atoms with Gasteiger partial charge in [-0.2, -0.15) is 0 Å².